The number of likely N-dealkylation sites (tertiary alicyclic amines) is 1. The molecule has 0 bridgehead atoms. The lowest BCUT2D eigenvalue weighted by Gasteiger charge is -2.26. The molecule has 0 spiro atoms. The maximum atomic E-state index is 11.3. The molecule has 1 saturated heterocycles. The Morgan fingerprint density at radius 2 is 1.89 bits per heavy atom. The second kappa shape index (κ2) is 6.19. The van der Waals surface area contributed by atoms with Gasteiger partial charge in [-0.1, -0.05) is 30.7 Å². The number of hydrogen-bond donors (Lipinski definition) is 0. The second-order valence-electron chi connectivity index (χ2n) is 4.53. The Hall–Kier alpha value is -1.84. The van der Waals surface area contributed by atoms with E-state index in [4.69, 9.17) is 5.53 Å². The van der Waals surface area contributed by atoms with Gasteiger partial charge in [0.2, 0.25) is 5.91 Å². The van der Waals surface area contributed by atoms with Crippen molar-refractivity contribution in [1.82, 2.24) is 4.90 Å². The summed E-state index contributed by atoms with van der Waals surface area (Å²) in [5, 5.41) is 3.07. The summed E-state index contributed by atoms with van der Waals surface area (Å²) >= 11 is 0. The first kappa shape index (κ1) is 12.6. The average molecular weight is 244 g/mol. The number of rotatable bonds is 3. The van der Waals surface area contributed by atoms with E-state index in [-0.39, 0.29) is 0 Å². The predicted octanol–water partition coefficient (Wildman–Crippen LogP) is 3.12. The molecule has 0 atom stereocenters. The summed E-state index contributed by atoms with van der Waals surface area (Å²) in [6, 6.07) is 7.29. The Morgan fingerprint density at radius 1 is 1.22 bits per heavy atom. The van der Waals surface area contributed by atoms with Crippen molar-refractivity contribution in [1.29, 1.82) is 0 Å². The predicted molar refractivity (Wildman–Crippen MR) is 69.0 cm³/mol. The van der Waals surface area contributed by atoms with Gasteiger partial charge in [0.05, 0.1) is 0 Å². The highest BCUT2D eigenvalue weighted by Gasteiger charge is 2.10. The molecule has 1 aromatic rings. The van der Waals surface area contributed by atoms with E-state index >= 15 is 0 Å². The quantitative estimate of drug-likeness (QED) is 0.465. The van der Waals surface area contributed by atoms with E-state index in [2.05, 4.69) is 14.9 Å². The smallest absolute Gasteiger partial charge is 0.249 e. The van der Waals surface area contributed by atoms with Crippen LogP contribution in [-0.4, -0.2) is 23.9 Å². The molecule has 1 amide bonds. The number of benzene rings is 1. The first-order valence-corrected chi connectivity index (χ1v) is 6.20. The number of amides is 1. The Morgan fingerprint density at radius 3 is 2.50 bits per heavy atom. The largest absolute Gasteiger partial charge is 0.299 e. The monoisotopic (exact) mass is 244 g/mol. The van der Waals surface area contributed by atoms with Crippen molar-refractivity contribution in [2.45, 2.75) is 25.8 Å². The fourth-order valence-corrected chi connectivity index (χ4v) is 2.23. The van der Waals surface area contributed by atoms with Crippen molar-refractivity contribution >= 4 is 5.91 Å². The molecule has 0 N–H and O–H groups in total. The molecule has 0 saturated carbocycles. The summed E-state index contributed by atoms with van der Waals surface area (Å²) in [5.41, 5.74) is 9.83. The van der Waals surface area contributed by atoms with E-state index in [1.165, 1.54) is 24.8 Å². The van der Waals surface area contributed by atoms with Crippen LogP contribution in [0.5, 0.6) is 0 Å². The molecule has 1 fully saturated rings. The zero-order valence-electron chi connectivity index (χ0n) is 10.2. The van der Waals surface area contributed by atoms with Gasteiger partial charge in [-0.15, -0.1) is 0 Å². The Kier molecular flexibility index (Phi) is 4.34. The van der Waals surface area contributed by atoms with Gasteiger partial charge in [0.15, 0.2) is 0 Å². The van der Waals surface area contributed by atoms with Gasteiger partial charge < -0.3 is 0 Å². The van der Waals surface area contributed by atoms with Gasteiger partial charge in [-0.25, -0.2) is 0 Å². The summed E-state index contributed by atoms with van der Waals surface area (Å²) < 4.78 is 0. The molecule has 1 aromatic carbocycles. The van der Waals surface area contributed by atoms with Crippen LogP contribution in [0.2, 0.25) is 0 Å². The van der Waals surface area contributed by atoms with Crippen LogP contribution < -0.4 is 0 Å². The molecular weight excluding hydrogens is 228 g/mol. The molecule has 0 unspecified atom stereocenters. The lowest BCUT2D eigenvalue weighted by atomic mass is 10.1. The van der Waals surface area contributed by atoms with Gasteiger partial charge in [-0.05, 0) is 42.1 Å². The van der Waals surface area contributed by atoms with Crippen LogP contribution in [0.4, 0.5) is 0 Å². The van der Waals surface area contributed by atoms with Crippen LogP contribution in [0.15, 0.2) is 29.4 Å². The maximum absolute atomic E-state index is 11.3. The molecule has 5 heteroatoms. The third-order valence-electron chi connectivity index (χ3n) is 3.19. The van der Waals surface area contributed by atoms with E-state index in [1.54, 1.807) is 12.1 Å². The van der Waals surface area contributed by atoms with Crippen LogP contribution in [0.1, 0.15) is 35.2 Å². The summed E-state index contributed by atoms with van der Waals surface area (Å²) in [4.78, 5) is 16.2. The van der Waals surface area contributed by atoms with E-state index in [1.807, 2.05) is 12.1 Å². The molecule has 0 aliphatic carbocycles. The van der Waals surface area contributed by atoms with Crippen LogP contribution in [0, 0.1) is 0 Å². The van der Waals surface area contributed by atoms with Crippen molar-refractivity contribution in [3.8, 4) is 0 Å². The van der Waals surface area contributed by atoms with Crippen molar-refractivity contribution in [2.24, 2.45) is 5.11 Å². The summed E-state index contributed by atoms with van der Waals surface area (Å²) in [7, 11) is 0. The van der Waals surface area contributed by atoms with E-state index < -0.39 is 5.91 Å². The Bertz CT molecular complexity index is 456. The number of azide groups is 1. The normalized spacial score (nSPS) is 16.0. The fraction of sp³-hybridized carbons (Fsp3) is 0.462. The van der Waals surface area contributed by atoms with Gasteiger partial charge in [0.25, 0.3) is 0 Å². The Labute approximate surface area is 106 Å². The third-order valence-corrected chi connectivity index (χ3v) is 3.19. The molecule has 18 heavy (non-hydrogen) atoms. The molecule has 94 valence electrons. The highest BCUT2D eigenvalue weighted by molar-refractivity contribution is 5.94. The van der Waals surface area contributed by atoms with Crippen LogP contribution >= 0.6 is 0 Å². The number of carbonyl (C=O) groups excluding carboxylic acids is 1. The Balaban J connectivity index is 1.98. The summed E-state index contributed by atoms with van der Waals surface area (Å²) in [6.07, 6.45) is 3.87. The number of nitrogens with zero attached hydrogens (tertiary/aromatic N) is 4. The first-order valence-electron chi connectivity index (χ1n) is 6.20. The SMILES string of the molecule is [N-]=[N+]=NC(=O)c1ccc(CN2CCCCC2)cc1. The molecule has 1 heterocycles. The standard InChI is InChI=1S/C13H16N4O/c14-16-15-13(18)12-6-4-11(5-7-12)10-17-8-2-1-3-9-17/h4-7H,1-3,8-10H2. The molecular formula is C13H16N4O. The van der Waals surface area contributed by atoms with Crippen LogP contribution in [0.3, 0.4) is 0 Å². The molecule has 2 rings (SSSR count). The molecule has 1 aliphatic rings. The van der Waals surface area contributed by atoms with E-state index in [0.29, 0.717) is 5.56 Å². The lowest BCUT2D eigenvalue weighted by Crippen LogP contribution is -2.29. The minimum absolute atomic E-state index is 0.440. The third kappa shape index (κ3) is 3.32. The second-order valence-corrected chi connectivity index (χ2v) is 4.53. The van der Waals surface area contributed by atoms with Crippen molar-refractivity contribution in [3.05, 3.63) is 45.8 Å². The highest BCUT2D eigenvalue weighted by atomic mass is 16.1. The highest BCUT2D eigenvalue weighted by Crippen LogP contribution is 2.13. The van der Waals surface area contributed by atoms with Gasteiger partial charge >= 0.3 is 0 Å². The minimum Gasteiger partial charge on any atom is -0.299 e. The van der Waals surface area contributed by atoms with E-state index in [0.717, 1.165) is 19.6 Å². The summed E-state index contributed by atoms with van der Waals surface area (Å²) in [6.45, 7) is 3.23. The maximum Gasteiger partial charge on any atom is 0.249 e. The fourth-order valence-electron chi connectivity index (χ4n) is 2.23. The van der Waals surface area contributed by atoms with Gasteiger partial charge in [0.1, 0.15) is 0 Å². The van der Waals surface area contributed by atoms with Gasteiger partial charge in [0, 0.05) is 17.0 Å². The lowest BCUT2D eigenvalue weighted by molar-refractivity contribution is 0.100. The number of piperidine rings is 1. The van der Waals surface area contributed by atoms with Gasteiger partial charge in [-0.2, -0.15) is 0 Å². The van der Waals surface area contributed by atoms with Crippen molar-refractivity contribution < 1.29 is 4.79 Å². The van der Waals surface area contributed by atoms with Gasteiger partial charge in [-0.3, -0.25) is 9.69 Å². The zero-order chi connectivity index (χ0) is 12.8. The molecule has 1 aliphatic heterocycles. The first-order chi connectivity index (χ1) is 8.79. The van der Waals surface area contributed by atoms with Crippen molar-refractivity contribution in [2.75, 3.05) is 13.1 Å². The molecule has 0 radical (unpaired) electrons. The molecule has 0 aromatic heterocycles. The zero-order valence-corrected chi connectivity index (χ0v) is 10.2. The average Bonchev–Trinajstić information content (AvgIpc) is 2.41. The molecule has 5 nitrogen and oxygen atoms in total. The minimum atomic E-state index is -0.526. The van der Waals surface area contributed by atoms with E-state index in [9.17, 15) is 4.79 Å². The topological polar surface area (TPSA) is 69.1 Å². The van der Waals surface area contributed by atoms with Crippen molar-refractivity contribution in [3.63, 3.8) is 0 Å². The number of carbonyl (C=O) groups is 1. The van der Waals surface area contributed by atoms with Crippen LogP contribution in [-0.2, 0) is 6.54 Å². The number of hydrogen-bond acceptors (Lipinski definition) is 2. The summed E-state index contributed by atoms with van der Waals surface area (Å²) in [5.74, 6) is -0.526. The van der Waals surface area contributed by atoms with Crippen LogP contribution in [0.25, 0.3) is 10.4 Å².